The average molecular weight is 553 g/mol. The first kappa shape index (κ1) is 28.2. The van der Waals surface area contributed by atoms with Crippen LogP contribution in [0.25, 0.3) is 0 Å². The molecule has 2 heterocycles. The summed E-state index contributed by atoms with van der Waals surface area (Å²) >= 11 is 6.26. The van der Waals surface area contributed by atoms with Crippen molar-refractivity contribution in [2.24, 2.45) is 17.8 Å². The molecule has 0 spiro atoms. The zero-order chi connectivity index (χ0) is 27.8. The normalized spacial score (nSPS) is 21.5. The van der Waals surface area contributed by atoms with E-state index < -0.39 is 23.2 Å². The fourth-order valence-corrected chi connectivity index (χ4v) is 5.65. The Morgan fingerprint density at radius 1 is 1.08 bits per heavy atom. The van der Waals surface area contributed by atoms with Crippen LogP contribution in [0.1, 0.15) is 35.2 Å². The maximum absolute atomic E-state index is 13.9. The molecule has 1 aliphatic heterocycles. The lowest BCUT2D eigenvalue weighted by molar-refractivity contribution is -0.261. The third kappa shape index (κ3) is 5.47. The third-order valence-electron chi connectivity index (χ3n) is 7.68. The number of rotatable bonds is 7. The number of aromatic nitrogens is 1. The smallest absolute Gasteiger partial charge is 0.369 e. The Hall–Kier alpha value is -2.85. The number of likely N-dealkylation sites (N-methyl/N-ethyl adjacent to an activating group) is 1. The van der Waals surface area contributed by atoms with Crippen LogP contribution in [-0.4, -0.2) is 78.7 Å². The van der Waals surface area contributed by atoms with Gasteiger partial charge < -0.3 is 19.8 Å². The van der Waals surface area contributed by atoms with Crippen LogP contribution in [0, 0.1) is 17.8 Å². The SMILES string of the molecule is CN(C)C(=O)c1ccc(N2CCC([C@H]3C[C@H]3CN(C)C(=O)[C@](O)(c3ccccc3)C(F)(F)F)CC2)nc1Cl. The highest BCUT2D eigenvalue weighted by Gasteiger charge is 2.62. The van der Waals surface area contributed by atoms with E-state index in [0.29, 0.717) is 23.2 Å². The lowest BCUT2D eigenvalue weighted by Gasteiger charge is -2.34. The minimum atomic E-state index is -5.15. The molecule has 206 valence electrons. The standard InChI is InChI=1S/C27H32ClF3N4O3/c1-33(2)24(36)20-9-10-22(32-23(20)28)35-13-11-17(12-14-35)21-15-18(21)16-34(3)25(37)26(38,27(29,30)31)19-7-5-4-6-8-19/h4-10,17-18,21,38H,11-16H2,1-3H3/t18-,21+,26+/m0/s1. The van der Waals surface area contributed by atoms with Gasteiger partial charge in [0, 0.05) is 46.3 Å². The highest BCUT2D eigenvalue weighted by molar-refractivity contribution is 6.32. The predicted molar refractivity (Wildman–Crippen MR) is 138 cm³/mol. The second-order valence-corrected chi connectivity index (χ2v) is 10.8. The molecule has 1 aliphatic carbocycles. The second kappa shape index (κ2) is 10.7. The van der Waals surface area contributed by atoms with Crippen molar-refractivity contribution in [1.29, 1.82) is 0 Å². The topological polar surface area (TPSA) is 77.0 Å². The van der Waals surface area contributed by atoms with Gasteiger partial charge in [0.25, 0.3) is 17.4 Å². The van der Waals surface area contributed by atoms with E-state index in [4.69, 9.17) is 11.6 Å². The number of amides is 2. The number of pyridine rings is 1. The van der Waals surface area contributed by atoms with Crippen LogP contribution < -0.4 is 4.90 Å². The quantitative estimate of drug-likeness (QED) is 0.521. The second-order valence-electron chi connectivity index (χ2n) is 10.5. The minimum Gasteiger partial charge on any atom is -0.369 e. The van der Waals surface area contributed by atoms with Crippen LogP contribution in [0.2, 0.25) is 5.15 Å². The summed E-state index contributed by atoms with van der Waals surface area (Å²) in [4.78, 5) is 34.1. The van der Waals surface area contributed by atoms with E-state index in [1.807, 2.05) is 0 Å². The zero-order valence-corrected chi connectivity index (χ0v) is 22.3. The van der Waals surface area contributed by atoms with Crippen molar-refractivity contribution in [3.8, 4) is 0 Å². The largest absolute Gasteiger partial charge is 0.430 e. The van der Waals surface area contributed by atoms with Crippen LogP contribution >= 0.6 is 11.6 Å². The van der Waals surface area contributed by atoms with E-state index in [1.165, 1.54) is 30.1 Å². The van der Waals surface area contributed by atoms with Crippen molar-refractivity contribution in [2.45, 2.75) is 31.0 Å². The van der Waals surface area contributed by atoms with E-state index in [9.17, 15) is 27.9 Å². The maximum atomic E-state index is 13.9. The Bertz CT molecular complexity index is 1170. The number of aliphatic hydroxyl groups is 1. The van der Waals surface area contributed by atoms with E-state index in [2.05, 4.69) is 9.88 Å². The van der Waals surface area contributed by atoms with Gasteiger partial charge in [0.1, 0.15) is 11.0 Å². The van der Waals surface area contributed by atoms with Gasteiger partial charge in [-0.1, -0.05) is 41.9 Å². The van der Waals surface area contributed by atoms with E-state index in [1.54, 1.807) is 26.2 Å². The number of alkyl halides is 3. The Labute approximate surface area is 225 Å². The number of nitrogens with zero attached hydrogens (tertiary/aromatic N) is 4. The van der Waals surface area contributed by atoms with Crippen LogP contribution in [0.15, 0.2) is 42.5 Å². The molecule has 7 nitrogen and oxygen atoms in total. The van der Waals surface area contributed by atoms with Gasteiger partial charge in [0.05, 0.1) is 5.56 Å². The summed E-state index contributed by atoms with van der Waals surface area (Å²) in [7, 11) is 4.62. The highest BCUT2D eigenvalue weighted by Crippen LogP contribution is 2.49. The summed E-state index contributed by atoms with van der Waals surface area (Å²) in [6.45, 7) is 1.65. The maximum Gasteiger partial charge on any atom is 0.430 e. The Morgan fingerprint density at radius 2 is 1.71 bits per heavy atom. The molecule has 1 saturated carbocycles. The number of piperidine rings is 1. The van der Waals surface area contributed by atoms with E-state index in [-0.39, 0.29) is 23.5 Å². The van der Waals surface area contributed by atoms with Crippen molar-refractivity contribution in [3.63, 3.8) is 0 Å². The Balaban J connectivity index is 1.33. The van der Waals surface area contributed by atoms with E-state index in [0.717, 1.165) is 49.4 Å². The van der Waals surface area contributed by atoms with Crippen molar-refractivity contribution in [2.75, 3.05) is 45.7 Å². The summed E-state index contributed by atoms with van der Waals surface area (Å²) in [6, 6.07) is 9.96. The van der Waals surface area contributed by atoms with Gasteiger partial charge in [-0.05, 0) is 49.1 Å². The van der Waals surface area contributed by atoms with Crippen molar-refractivity contribution < 1.29 is 27.9 Å². The molecule has 1 saturated heterocycles. The summed E-state index contributed by atoms with van der Waals surface area (Å²) in [6.07, 6.45) is -2.55. The molecule has 3 atom stereocenters. The monoisotopic (exact) mass is 552 g/mol. The van der Waals surface area contributed by atoms with Crippen LogP contribution in [-0.2, 0) is 10.4 Å². The lowest BCUT2D eigenvalue weighted by Crippen LogP contribution is -2.55. The highest BCUT2D eigenvalue weighted by atomic mass is 35.5. The number of benzene rings is 1. The van der Waals surface area contributed by atoms with Gasteiger partial charge in [0.2, 0.25) is 0 Å². The Morgan fingerprint density at radius 3 is 2.26 bits per heavy atom. The molecule has 2 aliphatic rings. The molecular weight excluding hydrogens is 521 g/mol. The number of hydrogen-bond acceptors (Lipinski definition) is 5. The molecule has 1 aromatic carbocycles. The van der Waals surface area contributed by atoms with Gasteiger partial charge in [-0.25, -0.2) is 4.98 Å². The molecule has 2 amide bonds. The number of halogens is 4. The molecule has 2 fully saturated rings. The van der Waals surface area contributed by atoms with Gasteiger partial charge in [-0.15, -0.1) is 0 Å². The Kier molecular flexibility index (Phi) is 7.95. The van der Waals surface area contributed by atoms with Gasteiger partial charge in [-0.3, -0.25) is 9.59 Å². The number of carbonyl (C=O) groups excluding carboxylic acids is 2. The summed E-state index contributed by atoms with van der Waals surface area (Å²) in [5.74, 6) is -0.0733. The first-order valence-corrected chi connectivity index (χ1v) is 13.0. The first-order chi connectivity index (χ1) is 17.8. The van der Waals surface area contributed by atoms with E-state index >= 15 is 0 Å². The van der Waals surface area contributed by atoms with Gasteiger partial charge in [-0.2, -0.15) is 13.2 Å². The number of anilines is 1. The molecule has 0 bridgehead atoms. The van der Waals surface area contributed by atoms with Crippen LogP contribution in [0.4, 0.5) is 19.0 Å². The number of hydrogen-bond donors (Lipinski definition) is 1. The molecule has 2 aromatic rings. The molecule has 38 heavy (non-hydrogen) atoms. The third-order valence-corrected chi connectivity index (χ3v) is 7.97. The first-order valence-electron chi connectivity index (χ1n) is 12.6. The average Bonchev–Trinajstić information content (AvgIpc) is 3.66. The molecule has 1 N–H and O–H groups in total. The molecule has 1 aromatic heterocycles. The fraction of sp³-hybridized carbons (Fsp3) is 0.519. The predicted octanol–water partition coefficient (Wildman–Crippen LogP) is 4.20. The van der Waals surface area contributed by atoms with Crippen molar-refractivity contribution in [3.05, 3.63) is 58.7 Å². The molecule has 4 rings (SSSR count). The van der Waals surface area contributed by atoms with Crippen LogP contribution in [0.3, 0.4) is 0 Å². The lowest BCUT2D eigenvalue weighted by atomic mass is 9.90. The van der Waals surface area contributed by atoms with Gasteiger partial charge in [0.15, 0.2) is 0 Å². The summed E-state index contributed by atoms with van der Waals surface area (Å²) in [5.41, 5.74) is -3.73. The fourth-order valence-electron chi connectivity index (χ4n) is 5.41. The van der Waals surface area contributed by atoms with Crippen LogP contribution in [0.5, 0.6) is 0 Å². The zero-order valence-electron chi connectivity index (χ0n) is 21.6. The molecule has 0 radical (unpaired) electrons. The molecule has 0 unspecified atom stereocenters. The van der Waals surface area contributed by atoms with Crippen molar-refractivity contribution >= 4 is 29.2 Å². The summed E-state index contributed by atoms with van der Waals surface area (Å²) in [5, 5.41) is 10.7. The number of carbonyl (C=O) groups is 2. The minimum absolute atomic E-state index is 0.0951. The summed E-state index contributed by atoms with van der Waals surface area (Å²) < 4.78 is 41.7. The molecule has 11 heteroatoms. The molecular formula is C27H32ClF3N4O3. The van der Waals surface area contributed by atoms with Crippen molar-refractivity contribution in [1.82, 2.24) is 14.8 Å². The van der Waals surface area contributed by atoms with Gasteiger partial charge >= 0.3 is 6.18 Å².